The number of carboxylic acid groups (broad SMARTS) is 2. The van der Waals surface area contributed by atoms with Crippen molar-refractivity contribution < 1.29 is 45.9 Å². The highest BCUT2D eigenvalue weighted by molar-refractivity contribution is 7.92. The number of aliphatic carboxylic acids is 1. The number of benzene rings is 2. The van der Waals surface area contributed by atoms with E-state index in [4.69, 9.17) is 14.4 Å². The summed E-state index contributed by atoms with van der Waals surface area (Å²) in [6.07, 6.45) is -4.45. The third-order valence-corrected chi connectivity index (χ3v) is 7.18. The number of halogens is 3. The van der Waals surface area contributed by atoms with E-state index in [-0.39, 0.29) is 16.1 Å². The molecule has 0 unspecified atom stereocenters. The third-order valence-electron chi connectivity index (χ3n) is 5.80. The smallest absolute Gasteiger partial charge is 0.478 e. The number of alkyl halides is 3. The average Bonchev–Trinajstić information content (AvgIpc) is 3.15. The molecule has 0 bridgehead atoms. The molecule has 14 heteroatoms. The maximum absolute atomic E-state index is 12.8. The Bertz CT molecular complexity index is 1450. The van der Waals surface area contributed by atoms with Crippen LogP contribution in [0.2, 0.25) is 0 Å². The SMILES string of the molecule is Cc1ccc(S(=O)(=O)Nc2ccc(N(C)CCc3c(C)noc3C)c(C(=O)O)c2)cc1C.O=C(O)C(F)(F)F. The van der Waals surface area contributed by atoms with Gasteiger partial charge in [-0.2, -0.15) is 13.2 Å². The number of sulfonamides is 1. The van der Waals surface area contributed by atoms with Crippen LogP contribution in [0.5, 0.6) is 0 Å². The molecule has 3 N–H and O–H groups in total. The van der Waals surface area contributed by atoms with Gasteiger partial charge in [-0.15, -0.1) is 0 Å². The summed E-state index contributed by atoms with van der Waals surface area (Å²) in [6.45, 7) is 7.99. The molecule has 212 valence electrons. The standard InChI is InChI=1S/C23H27N3O5S.C2HF3O2/c1-14-6-8-19(12-15(14)2)32(29,30)25-18-7-9-22(21(13-18)23(27)28)26(5)11-10-20-16(3)24-31-17(20)4;3-2(4,5)1(6)7/h6-9,12-13,25H,10-11H2,1-5H3,(H,27,28);(H,6,7). The summed E-state index contributed by atoms with van der Waals surface area (Å²) in [5.74, 6) is -3.16. The summed E-state index contributed by atoms with van der Waals surface area (Å²) >= 11 is 0. The van der Waals surface area contributed by atoms with Crippen molar-refractivity contribution in [1.29, 1.82) is 0 Å². The van der Waals surface area contributed by atoms with E-state index >= 15 is 0 Å². The first-order valence-corrected chi connectivity index (χ1v) is 12.8. The van der Waals surface area contributed by atoms with E-state index in [0.29, 0.717) is 18.7 Å². The van der Waals surface area contributed by atoms with Crippen LogP contribution in [-0.2, 0) is 21.2 Å². The molecule has 1 heterocycles. The fourth-order valence-corrected chi connectivity index (χ4v) is 4.59. The molecule has 0 radical (unpaired) electrons. The van der Waals surface area contributed by atoms with Gasteiger partial charge in [0, 0.05) is 24.8 Å². The minimum Gasteiger partial charge on any atom is -0.478 e. The first kappa shape index (κ1) is 31.1. The predicted molar refractivity (Wildman–Crippen MR) is 137 cm³/mol. The summed E-state index contributed by atoms with van der Waals surface area (Å²) in [5, 5.41) is 20.8. The topological polar surface area (TPSA) is 150 Å². The highest BCUT2D eigenvalue weighted by Gasteiger charge is 2.38. The largest absolute Gasteiger partial charge is 0.490 e. The summed E-state index contributed by atoms with van der Waals surface area (Å²) < 4.78 is 65.0. The van der Waals surface area contributed by atoms with Gasteiger partial charge < -0.3 is 19.6 Å². The normalized spacial score (nSPS) is 11.4. The van der Waals surface area contributed by atoms with Crippen molar-refractivity contribution in [3.05, 3.63) is 70.1 Å². The molecular formula is C25H28F3N3O7S. The molecule has 2 aromatic carbocycles. The maximum atomic E-state index is 12.8. The lowest BCUT2D eigenvalue weighted by Gasteiger charge is -2.22. The molecule has 3 rings (SSSR count). The zero-order valence-electron chi connectivity index (χ0n) is 21.8. The van der Waals surface area contributed by atoms with Crippen LogP contribution < -0.4 is 9.62 Å². The van der Waals surface area contributed by atoms with Crippen LogP contribution in [0.1, 0.15) is 38.5 Å². The summed E-state index contributed by atoms with van der Waals surface area (Å²) in [7, 11) is -2.06. The van der Waals surface area contributed by atoms with E-state index < -0.39 is 28.1 Å². The molecule has 10 nitrogen and oxygen atoms in total. The zero-order chi connectivity index (χ0) is 29.7. The van der Waals surface area contributed by atoms with E-state index in [0.717, 1.165) is 28.1 Å². The molecule has 0 fully saturated rings. The molecule has 0 spiro atoms. The number of aryl methyl sites for hydroxylation is 4. The van der Waals surface area contributed by atoms with Crippen LogP contribution in [0.4, 0.5) is 24.5 Å². The van der Waals surface area contributed by atoms with Crippen LogP contribution in [0.3, 0.4) is 0 Å². The van der Waals surface area contributed by atoms with Gasteiger partial charge in [-0.1, -0.05) is 11.2 Å². The molecule has 0 amide bonds. The maximum Gasteiger partial charge on any atom is 0.490 e. The number of nitrogens with zero attached hydrogens (tertiary/aromatic N) is 2. The van der Waals surface area contributed by atoms with Gasteiger partial charge in [0.25, 0.3) is 10.0 Å². The Morgan fingerprint density at radius 1 is 1.03 bits per heavy atom. The second kappa shape index (κ2) is 12.2. The summed E-state index contributed by atoms with van der Waals surface area (Å²) in [4.78, 5) is 22.7. The van der Waals surface area contributed by atoms with Gasteiger partial charge >= 0.3 is 18.1 Å². The molecule has 0 aliphatic heterocycles. The van der Waals surface area contributed by atoms with Crippen LogP contribution in [-0.4, -0.2) is 55.5 Å². The number of hydrogen-bond donors (Lipinski definition) is 3. The van der Waals surface area contributed by atoms with Gasteiger partial charge in [-0.25, -0.2) is 18.0 Å². The highest BCUT2D eigenvalue weighted by Crippen LogP contribution is 2.27. The monoisotopic (exact) mass is 571 g/mol. The van der Waals surface area contributed by atoms with Crippen molar-refractivity contribution in [1.82, 2.24) is 5.16 Å². The van der Waals surface area contributed by atoms with E-state index in [9.17, 15) is 31.5 Å². The Labute approximate surface area is 223 Å². The predicted octanol–water partition coefficient (Wildman–Crippen LogP) is 4.72. The van der Waals surface area contributed by atoms with E-state index in [1.54, 1.807) is 31.3 Å². The first-order valence-electron chi connectivity index (χ1n) is 11.3. The number of likely N-dealkylation sites (N-methyl/N-ethyl adjacent to an activating group) is 1. The lowest BCUT2D eigenvalue weighted by Crippen LogP contribution is -2.23. The van der Waals surface area contributed by atoms with E-state index in [2.05, 4.69) is 9.88 Å². The number of hydrogen-bond acceptors (Lipinski definition) is 7. The number of anilines is 2. The third kappa shape index (κ3) is 8.21. The number of carboxylic acids is 2. The minimum atomic E-state index is -5.08. The van der Waals surface area contributed by atoms with Gasteiger partial charge in [-0.05, 0) is 75.6 Å². The Morgan fingerprint density at radius 3 is 2.13 bits per heavy atom. The zero-order valence-corrected chi connectivity index (χ0v) is 22.6. The number of rotatable bonds is 8. The molecule has 39 heavy (non-hydrogen) atoms. The number of aromatic nitrogens is 1. The number of nitrogens with one attached hydrogen (secondary N) is 1. The summed E-state index contributed by atoms with van der Waals surface area (Å²) in [5.41, 5.74) is 4.32. The average molecular weight is 572 g/mol. The van der Waals surface area contributed by atoms with Gasteiger partial charge in [0.2, 0.25) is 0 Å². The van der Waals surface area contributed by atoms with Crippen LogP contribution in [0.15, 0.2) is 45.8 Å². The quantitative estimate of drug-likeness (QED) is 0.349. The van der Waals surface area contributed by atoms with Crippen molar-refractivity contribution >= 4 is 33.3 Å². The Balaban J connectivity index is 0.000000673. The van der Waals surface area contributed by atoms with Gasteiger partial charge in [0.05, 0.1) is 21.8 Å². The number of carbonyl (C=O) groups is 2. The van der Waals surface area contributed by atoms with Crippen molar-refractivity contribution in [2.75, 3.05) is 23.2 Å². The second-order valence-electron chi connectivity index (χ2n) is 8.67. The highest BCUT2D eigenvalue weighted by atomic mass is 32.2. The van der Waals surface area contributed by atoms with Crippen molar-refractivity contribution in [3.8, 4) is 0 Å². The van der Waals surface area contributed by atoms with Crippen LogP contribution >= 0.6 is 0 Å². The molecule has 0 aliphatic carbocycles. The van der Waals surface area contributed by atoms with Crippen LogP contribution in [0, 0.1) is 27.7 Å². The Hall–Kier alpha value is -4.07. The molecule has 0 atom stereocenters. The van der Waals surface area contributed by atoms with Crippen molar-refractivity contribution in [3.63, 3.8) is 0 Å². The molecule has 0 aliphatic rings. The molecule has 3 aromatic rings. The van der Waals surface area contributed by atoms with E-state index in [1.807, 2.05) is 32.6 Å². The molecule has 0 saturated heterocycles. The van der Waals surface area contributed by atoms with Gasteiger partial charge in [0.1, 0.15) is 5.76 Å². The van der Waals surface area contributed by atoms with E-state index in [1.165, 1.54) is 12.1 Å². The van der Waals surface area contributed by atoms with Gasteiger partial charge in [-0.3, -0.25) is 4.72 Å². The van der Waals surface area contributed by atoms with Gasteiger partial charge in [0.15, 0.2) is 0 Å². The minimum absolute atomic E-state index is 0.00606. The second-order valence-corrected chi connectivity index (χ2v) is 10.3. The Morgan fingerprint density at radius 2 is 1.64 bits per heavy atom. The van der Waals surface area contributed by atoms with Crippen LogP contribution in [0.25, 0.3) is 0 Å². The fourth-order valence-electron chi connectivity index (χ4n) is 3.46. The summed E-state index contributed by atoms with van der Waals surface area (Å²) in [6, 6.07) is 9.36. The fraction of sp³-hybridized carbons (Fsp3) is 0.320. The molecular weight excluding hydrogens is 543 g/mol. The number of aromatic carboxylic acids is 1. The van der Waals surface area contributed by atoms with Crippen molar-refractivity contribution in [2.24, 2.45) is 0 Å². The lowest BCUT2D eigenvalue weighted by molar-refractivity contribution is -0.192. The van der Waals surface area contributed by atoms with Crippen molar-refractivity contribution in [2.45, 2.75) is 45.2 Å². The molecule has 0 saturated carbocycles. The lowest BCUT2D eigenvalue weighted by atomic mass is 10.1. The molecule has 1 aromatic heterocycles. The first-order chi connectivity index (χ1) is 17.9. The Kier molecular flexibility index (Phi) is 9.74.